The molecule has 108 valence electrons. The Morgan fingerprint density at radius 1 is 1.05 bits per heavy atom. The Kier molecular flexibility index (Phi) is 4.82. The molecular weight excluding hydrogens is 266 g/mol. The summed E-state index contributed by atoms with van der Waals surface area (Å²) in [6.07, 6.45) is 2.47. The van der Waals surface area contributed by atoms with E-state index in [2.05, 4.69) is 0 Å². The van der Waals surface area contributed by atoms with Crippen LogP contribution in [0.2, 0.25) is 0 Å². The average molecular weight is 283 g/mol. The van der Waals surface area contributed by atoms with Gasteiger partial charge in [-0.1, -0.05) is 37.3 Å². The van der Waals surface area contributed by atoms with E-state index in [9.17, 15) is 14.8 Å². The van der Waals surface area contributed by atoms with Crippen LogP contribution < -0.4 is 4.73 Å². The lowest BCUT2D eigenvalue weighted by Crippen LogP contribution is -2.33. The maximum atomic E-state index is 12.1. The van der Waals surface area contributed by atoms with Crippen LogP contribution in [-0.4, -0.2) is 11.6 Å². The molecule has 2 rings (SSSR count). The van der Waals surface area contributed by atoms with E-state index in [4.69, 9.17) is 0 Å². The zero-order valence-electron chi connectivity index (χ0n) is 11.9. The minimum atomic E-state index is -0.139. The van der Waals surface area contributed by atoms with Crippen molar-refractivity contribution in [1.29, 1.82) is 0 Å². The summed E-state index contributed by atoms with van der Waals surface area (Å²) < 4.78 is 0.642. The van der Waals surface area contributed by atoms with E-state index >= 15 is 0 Å². The van der Waals surface area contributed by atoms with E-state index in [1.54, 1.807) is 24.3 Å². The van der Waals surface area contributed by atoms with Gasteiger partial charge in [-0.25, -0.2) is 0 Å². The minimum absolute atomic E-state index is 0.00786. The number of hydrogen-bond acceptors (Lipinski definition) is 3. The van der Waals surface area contributed by atoms with Crippen LogP contribution in [0.4, 0.5) is 0 Å². The maximum absolute atomic E-state index is 12.1. The van der Waals surface area contributed by atoms with Crippen LogP contribution in [0.25, 0.3) is 0 Å². The predicted octanol–water partition coefficient (Wildman–Crippen LogP) is 2.73. The van der Waals surface area contributed by atoms with E-state index in [0.29, 0.717) is 28.0 Å². The summed E-state index contributed by atoms with van der Waals surface area (Å²) >= 11 is 0. The van der Waals surface area contributed by atoms with Crippen LogP contribution in [0.1, 0.15) is 46.2 Å². The molecule has 1 aromatic heterocycles. The first-order valence-electron chi connectivity index (χ1n) is 6.95. The van der Waals surface area contributed by atoms with Crippen molar-refractivity contribution in [3.05, 3.63) is 70.7 Å². The number of carbonyl (C=O) groups is 2. The summed E-state index contributed by atoms with van der Waals surface area (Å²) in [5, 5.41) is 11.8. The monoisotopic (exact) mass is 283 g/mol. The Bertz CT molecular complexity index is 650. The molecule has 0 aliphatic rings. The Labute approximate surface area is 123 Å². The largest absolute Gasteiger partial charge is 0.618 e. The van der Waals surface area contributed by atoms with Gasteiger partial charge in [0.2, 0.25) is 5.69 Å². The molecule has 0 atom stereocenters. The molecule has 4 nitrogen and oxygen atoms in total. The molecule has 0 radical (unpaired) electrons. The molecule has 0 bridgehead atoms. The SMILES string of the molecule is CCCC(=O)c1cc[n+]([O-])c(CC(=O)c2ccccc2)c1. The zero-order chi connectivity index (χ0) is 15.2. The molecule has 0 saturated carbocycles. The smallest absolute Gasteiger partial charge is 0.201 e. The summed E-state index contributed by atoms with van der Waals surface area (Å²) in [4.78, 5) is 24.0. The Hall–Kier alpha value is -2.49. The average Bonchev–Trinajstić information content (AvgIpc) is 2.50. The highest BCUT2D eigenvalue weighted by atomic mass is 16.5. The van der Waals surface area contributed by atoms with Gasteiger partial charge in [-0.2, -0.15) is 4.73 Å². The Balaban J connectivity index is 2.21. The molecule has 0 aliphatic heterocycles. The molecular formula is C17H17NO3. The molecule has 21 heavy (non-hydrogen) atoms. The first kappa shape index (κ1) is 14.9. The molecule has 0 aliphatic carbocycles. The molecule has 0 fully saturated rings. The zero-order valence-corrected chi connectivity index (χ0v) is 11.9. The summed E-state index contributed by atoms with van der Waals surface area (Å²) in [7, 11) is 0. The van der Waals surface area contributed by atoms with Crippen molar-refractivity contribution in [3.8, 4) is 0 Å². The molecule has 4 heteroatoms. The van der Waals surface area contributed by atoms with Crippen LogP contribution in [0.5, 0.6) is 0 Å². The van der Waals surface area contributed by atoms with Crippen molar-refractivity contribution >= 4 is 11.6 Å². The van der Waals surface area contributed by atoms with Gasteiger partial charge in [-0.05, 0) is 6.42 Å². The van der Waals surface area contributed by atoms with Crippen molar-refractivity contribution in [2.75, 3.05) is 0 Å². The number of hydrogen-bond donors (Lipinski definition) is 0. The number of nitrogens with zero attached hydrogens (tertiary/aromatic N) is 1. The van der Waals surface area contributed by atoms with Crippen LogP contribution in [-0.2, 0) is 6.42 Å². The lowest BCUT2D eigenvalue weighted by Gasteiger charge is -2.06. The maximum Gasteiger partial charge on any atom is 0.201 e. The fraction of sp³-hybridized carbons (Fsp3) is 0.235. The predicted molar refractivity (Wildman–Crippen MR) is 79.1 cm³/mol. The molecule has 1 aromatic carbocycles. The summed E-state index contributed by atoms with van der Waals surface area (Å²) in [5.41, 5.74) is 1.34. The summed E-state index contributed by atoms with van der Waals surface area (Å²) in [5.74, 6) is -0.146. The number of aromatic nitrogens is 1. The van der Waals surface area contributed by atoms with E-state index in [-0.39, 0.29) is 18.0 Å². The number of benzene rings is 1. The quantitative estimate of drug-likeness (QED) is 0.465. The van der Waals surface area contributed by atoms with E-state index in [0.717, 1.165) is 6.42 Å². The number of ketones is 2. The molecule has 0 unspecified atom stereocenters. The lowest BCUT2D eigenvalue weighted by atomic mass is 10.0. The second kappa shape index (κ2) is 6.79. The number of rotatable bonds is 6. The second-order valence-corrected chi connectivity index (χ2v) is 4.87. The molecule has 0 N–H and O–H groups in total. The highest BCUT2D eigenvalue weighted by Gasteiger charge is 2.16. The Morgan fingerprint density at radius 2 is 1.76 bits per heavy atom. The van der Waals surface area contributed by atoms with Crippen LogP contribution in [0.3, 0.4) is 0 Å². The van der Waals surface area contributed by atoms with Crippen LogP contribution in [0, 0.1) is 5.21 Å². The van der Waals surface area contributed by atoms with Gasteiger partial charge in [0.25, 0.3) is 0 Å². The fourth-order valence-electron chi connectivity index (χ4n) is 2.10. The highest BCUT2D eigenvalue weighted by Crippen LogP contribution is 2.09. The topological polar surface area (TPSA) is 61.1 Å². The summed E-state index contributed by atoms with van der Waals surface area (Å²) in [6, 6.07) is 11.8. The third-order valence-corrected chi connectivity index (χ3v) is 3.23. The molecule has 1 heterocycles. The third-order valence-electron chi connectivity index (χ3n) is 3.23. The van der Waals surface area contributed by atoms with Crippen LogP contribution in [0.15, 0.2) is 48.7 Å². The molecule has 0 amide bonds. The third kappa shape index (κ3) is 3.75. The van der Waals surface area contributed by atoms with Gasteiger partial charge < -0.3 is 5.21 Å². The van der Waals surface area contributed by atoms with Crippen molar-refractivity contribution < 1.29 is 14.3 Å². The van der Waals surface area contributed by atoms with E-state index in [1.807, 2.05) is 13.0 Å². The van der Waals surface area contributed by atoms with Gasteiger partial charge in [0.15, 0.2) is 17.8 Å². The fourth-order valence-corrected chi connectivity index (χ4v) is 2.10. The van der Waals surface area contributed by atoms with E-state index in [1.165, 1.54) is 18.3 Å². The van der Waals surface area contributed by atoms with Gasteiger partial charge >= 0.3 is 0 Å². The van der Waals surface area contributed by atoms with Crippen molar-refractivity contribution in [2.45, 2.75) is 26.2 Å². The summed E-state index contributed by atoms with van der Waals surface area (Å²) in [6.45, 7) is 1.93. The van der Waals surface area contributed by atoms with Gasteiger partial charge in [-0.15, -0.1) is 0 Å². The molecule has 0 spiro atoms. The van der Waals surface area contributed by atoms with Crippen molar-refractivity contribution in [1.82, 2.24) is 0 Å². The van der Waals surface area contributed by atoms with Gasteiger partial charge in [0, 0.05) is 29.7 Å². The number of Topliss-reactive ketones (excluding diaryl/α,β-unsaturated/α-hetero) is 2. The normalized spacial score (nSPS) is 10.3. The van der Waals surface area contributed by atoms with Gasteiger partial charge in [-0.3, -0.25) is 9.59 Å². The van der Waals surface area contributed by atoms with Crippen LogP contribution >= 0.6 is 0 Å². The number of carbonyl (C=O) groups excluding carboxylic acids is 2. The number of pyridine rings is 1. The minimum Gasteiger partial charge on any atom is -0.618 e. The standard InChI is InChI=1S/C17H17NO3/c1-2-6-16(19)14-9-10-18(21)15(11-14)12-17(20)13-7-4-3-5-8-13/h3-5,7-11H,2,6,12H2,1H3. The lowest BCUT2D eigenvalue weighted by molar-refractivity contribution is -0.613. The van der Waals surface area contributed by atoms with Gasteiger partial charge in [0.1, 0.15) is 0 Å². The first-order valence-corrected chi connectivity index (χ1v) is 6.95. The first-order chi connectivity index (χ1) is 10.1. The van der Waals surface area contributed by atoms with E-state index < -0.39 is 0 Å². The second-order valence-electron chi connectivity index (χ2n) is 4.87. The Morgan fingerprint density at radius 3 is 2.43 bits per heavy atom. The molecule has 0 saturated heterocycles. The highest BCUT2D eigenvalue weighted by molar-refractivity contribution is 5.98. The van der Waals surface area contributed by atoms with Crippen molar-refractivity contribution in [2.24, 2.45) is 0 Å². The molecule has 2 aromatic rings. The van der Waals surface area contributed by atoms with Gasteiger partial charge in [0.05, 0.1) is 6.42 Å². The van der Waals surface area contributed by atoms with Crippen molar-refractivity contribution in [3.63, 3.8) is 0 Å².